The van der Waals surface area contributed by atoms with Gasteiger partial charge in [-0.15, -0.1) is 11.3 Å². The Morgan fingerprint density at radius 3 is 2.68 bits per heavy atom. The minimum atomic E-state index is -3.48. The summed E-state index contributed by atoms with van der Waals surface area (Å²) >= 11 is 1.76. The maximum absolute atomic E-state index is 12.7. The highest BCUT2D eigenvalue weighted by atomic mass is 32.2. The lowest BCUT2D eigenvalue weighted by molar-refractivity contribution is 0.0730. The van der Waals surface area contributed by atoms with Crippen molar-refractivity contribution >= 4 is 27.2 Å². The van der Waals surface area contributed by atoms with Gasteiger partial charge >= 0.3 is 0 Å². The van der Waals surface area contributed by atoms with Crippen LogP contribution in [0.15, 0.2) is 40.7 Å². The molecular weight excluding hydrogens is 358 g/mol. The number of rotatable bonds is 4. The summed E-state index contributed by atoms with van der Waals surface area (Å²) in [7, 11) is -3.48. The van der Waals surface area contributed by atoms with E-state index in [4.69, 9.17) is 4.74 Å². The molecule has 4 rings (SSSR count). The van der Waals surface area contributed by atoms with E-state index in [0.717, 1.165) is 25.2 Å². The van der Waals surface area contributed by atoms with E-state index in [2.05, 4.69) is 27.4 Å². The molecule has 6 nitrogen and oxygen atoms in total. The van der Waals surface area contributed by atoms with Crippen LogP contribution >= 0.6 is 11.3 Å². The van der Waals surface area contributed by atoms with E-state index < -0.39 is 10.0 Å². The third-order valence-electron chi connectivity index (χ3n) is 4.75. The second-order valence-corrected chi connectivity index (χ2v) is 9.15. The molecule has 0 saturated carbocycles. The monoisotopic (exact) mass is 379 g/mol. The molecular formula is C17H21N3O3S2. The van der Waals surface area contributed by atoms with Gasteiger partial charge in [-0.3, -0.25) is 0 Å². The molecule has 0 radical (unpaired) electrons. The molecule has 2 aliphatic heterocycles. The zero-order valence-corrected chi connectivity index (χ0v) is 15.5. The Balaban J connectivity index is 1.55. The number of ether oxygens (including phenoxy) is 1. The lowest BCUT2D eigenvalue weighted by Crippen LogP contribution is -2.40. The van der Waals surface area contributed by atoms with Crippen LogP contribution in [0, 0.1) is 0 Å². The standard InChI is InChI=1S/C17H21N3O3S2/c21-25(22,19-8-10-23-11-9-19)14-5-6-17(18-13-14)20-7-1-3-15(20)16-4-2-12-24-16/h2,4-6,12-13,15H,1,3,7-11H2/t15-/m0/s1. The summed E-state index contributed by atoms with van der Waals surface area (Å²) in [4.78, 5) is 8.34. The number of thiophene rings is 1. The lowest BCUT2D eigenvalue weighted by atomic mass is 10.2. The van der Waals surface area contributed by atoms with Crippen molar-refractivity contribution in [3.05, 3.63) is 40.7 Å². The van der Waals surface area contributed by atoms with Crippen molar-refractivity contribution in [2.75, 3.05) is 37.7 Å². The number of nitrogens with zero attached hydrogens (tertiary/aromatic N) is 3. The smallest absolute Gasteiger partial charge is 0.244 e. The van der Waals surface area contributed by atoms with Gasteiger partial charge in [0.2, 0.25) is 10.0 Å². The number of anilines is 1. The fourth-order valence-electron chi connectivity index (χ4n) is 3.45. The van der Waals surface area contributed by atoms with Crippen molar-refractivity contribution < 1.29 is 13.2 Å². The molecule has 2 aromatic heterocycles. The van der Waals surface area contributed by atoms with Crippen molar-refractivity contribution in [3.63, 3.8) is 0 Å². The van der Waals surface area contributed by atoms with Gasteiger partial charge in [0.25, 0.3) is 0 Å². The summed E-state index contributed by atoms with van der Waals surface area (Å²) in [5.41, 5.74) is 0. The summed E-state index contributed by atoms with van der Waals surface area (Å²) in [6.07, 6.45) is 3.72. The van der Waals surface area contributed by atoms with Crippen LogP contribution in [0.3, 0.4) is 0 Å². The molecule has 2 fully saturated rings. The summed E-state index contributed by atoms with van der Waals surface area (Å²) in [6.45, 7) is 2.64. The van der Waals surface area contributed by atoms with Crippen LogP contribution in [0.5, 0.6) is 0 Å². The highest BCUT2D eigenvalue weighted by Crippen LogP contribution is 2.37. The Morgan fingerprint density at radius 1 is 1.16 bits per heavy atom. The second kappa shape index (κ2) is 7.03. The summed E-state index contributed by atoms with van der Waals surface area (Å²) in [5, 5.41) is 2.09. The molecule has 0 aromatic carbocycles. The molecule has 2 saturated heterocycles. The van der Waals surface area contributed by atoms with Crippen LogP contribution in [0.2, 0.25) is 0 Å². The fraction of sp³-hybridized carbons (Fsp3) is 0.471. The first-order chi connectivity index (χ1) is 12.2. The number of hydrogen-bond donors (Lipinski definition) is 0. The van der Waals surface area contributed by atoms with Crippen molar-refractivity contribution in [2.24, 2.45) is 0 Å². The Labute approximate surface area is 152 Å². The topological polar surface area (TPSA) is 62.7 Å². The van der Waals surface area contributed by atoms with Crippen LogP contribution in [-0.2, 0) is 14.8 Å². The first-order valence-corrected chi connectivity index (χ1v) is 10.8. The molecule has 0 amide bonds. The number of morpholine rings is 1. The highest BCUT2D eigenvalue weighted by Gasteiger charge is 2.29. The zero-order valence-electron chi connectivity index (χ0n) is 13.9. The third kappa shape index (κ3) is 3.31. The number of hydrogen-bond acceptors (Lipinski definition) is 6. The average molecular weight is 380 g/mol. The molecule has 25 heavy (non-hydrogen) atoms. The van der Waals surface area contributed by atoms with Crippen molar-refractivity contribution in [1.29, 1.82) is 0 Å². The Kier molecular flexibility index (Phi) is 4.77. The molecule has 1 atom stereocenters. The van der Waals surface area contributed by atoms with Crippen molar-refractivity contribution in [3.8, 4) is 0 Å². The van der Waals surface area contributed by atoms with Crippen molar-refractivity contribution in [2.45, 2.75) is 23.8 Å². The molecule has 134 valence electrons. The van der Waals surface area contributed by atoms with Crippen LogP contribution in [-0.4, -0.2) is 50.6 Å². The lowest BCUT2D eigenvalue weighted by Gasteiger charge is -2.27. The normalized spacial score (nSPS) is 22.4. The number of aromatic nitrogens is 1. The minimum absolute atomic E-state index is 0.255. The molecule has 4 heterocycles. The minimum Gasteiger partial charge on any atom is -0.379 e. The molecule has 0 spiro atoms. The summed E-state index contributed by atoms with van der Waals surface area (Å²) in [5.74, 6) is 0.844. The van der Waals surface area contributed by atoms with Gasteiger partial charge in [-0.05, 0) is 36.4 Å². The summed E-state index contributed by atoms with van der Waals surface area (Å²) in [6, 6.07) is 8.08. The summed E-state index contributed by atoms with van der Waals surface area (Å²) < 4.78 is 32.1. The van der Waals surface area contributed by atoms with Crippen LogP contribution in [0.4, 0.5) is 5.82 Å². The Bertz CT molecular complexity index is 800. The largest absolute Gasteiger partial charge is 0.379 e. The first-order valence-electron chi connectivity index (χ1n) is 8.50. The van der Waals surface area contributed by atoms with Gasteiger partial charge in [0.05, 0.1) is 19.3 Å². The molecule has 0 aliphatic carbocycles. The Morgan fingerprint density at radius 2 is 2.00 bits per heavy atom. The SMILES string of the molecule is O=S(=O)(c1ccc(N2CCC[C@H]2c2cccs2)nc1)N1CCOCC1. The zero-order chi connectivity index (χ0) is 17.3. The van der Waals surface area contributed by atoms with Gasteiger partial charge in [0.15, 0.2) is 0 Å². The van der Waals surface area contributed by atoms with Gasteiger partial charge < -0.3 is 9.64 Å². The fourth-order valence-corrected chi connectivity index (χ4v) is 5.68. The second-order valence-electron chi connectivity index (χ2n) is 6.24. The molecule has 8 heteroatoms. The molecule has 0 N–H and O–H groups in total. The van der Waals surface area contributed by atoms with Gasteiger partial charge in [-0.2, -0.15) is 4.31 Å². The first kappa shape index (κ1) is 17.0. The van der Waals surface area contributed by atoms with Gasteiger partial charge in [-0.1, -0.05) is 6.07 Å². The van der Waals surface area contributed by atoms with Gasteiger partial charge in [0.1, 0.15) is 10.7 Å². The predicted octanol–water partition coefficient (Wildman–Crippen LogP) is 2.51. The van der Waals surface area contributed by atoms with E-state index in [9.17, 15) is 8.42 Å². The molecule has 2 aromatic rings. The van der Waals surface area contributed by atoms with E-state index in [1.807, 2.05) is 6.07 Å². The molecule has 2 aliphatic rings. The Hall–Kier alpha value is -1.48. The van der Waals surface area contributed by atoms with Crippen LogP contribution < -0.4 is 4.90 Å². The van der Waals surface area contributed by atoms with E-state index in [-0.39, 0.29) is 4.90 Å². The maximum atomic E-state index is 12.7. The average Bonchev–Trinajstić information content (AvgIpc) is 3.34. The maximum Gasteiger partial charge on any atom is 0.244 e. The number of pyridine rings is 1. The van der Waals surface area contributed by atoms with Gasteiger partial charge in [-0.25, -0.2) is 13.4 Å². The third-order valence-corrected chi connectivity index (χ3v) is 7.60. The molecule has 0 unspecified atom stereocenters. The quantitative estimate of drug-likeness (QED) is 0.817. The predicted molar refractivity (Wildman–Crippen MR) is 97.5 cm³/mol. The van der Waals surface area contributed by atoms with Gasteiger partial charge in [0, 0.05) is 30.7 Å². The van der Waals surface area contributed by atoms with E-state index in [0.29, 0.717) is 32.3 Å². The van der Waals surface area contributed by atoms with Crippen LogP contribution in [0.25, 0.3) is 0 Å². The highest BCUT2D eigenvalue weighted by molar-refractivity contribution is 7.89. The van der Waals surface area contributed by atoms with Crippen molar-refractivity contribution in [1.82, 2.24) is 9.29 Å². The molecule has 0 bridgehead atoms. The van der Waals surface area contributed by atoms with Crippen LogP contribution in [0.1, 0.15) is 23.8 Å². The number of sulfonamides is 1. The van der Waals surface area contributed by atoms with E-state index in [1.54, 1.807) is 17.4 Å². The van der Waals surface area contributed by atoms with E-state index in [1.165, 1.54) is 15.4 Å². The van der Waals surface area contributed by atoms with E-state index >= 15 is 0 Å².